The van der Waals surface area contributed by atoms with Crippen molar-refractivity contribution in [2.24, 2.45) is 5.41 Å². The number of piperidine rings is 1. The summed E-state index contributed by atoms with van der Waals surface area (Å²) in [5.41, 5.74) is 3.74. The Morgan fingerprint density at radius 2 is 1.90 bits per heavy atom. The predicted molar refractivity (Wildman–Crippen MR) is 120 cm³/mol. The van der Waals surface area contributed by atoms with Crippen LogP contribution in [-0.2, 0) is 17.8 Å². The summed E-state index contributed by atoms with van der Waals surface area (Å²) in [6, 6.07) is 14.3. The second-order valence-corrected chi connectivity index (χ2v) is 8.87. The number of carbonyl (C=O) groups excluding carboxylic acids is 1. The Bertz CT molecular complexity index is 1010. The fourth-order valence-electron chi connectivity index (χ4n) is 4.57. The molecule has 0 bridgehead atoms. The Hall–Kier alpha value is -2.99. The van der Waals surface area contributed by atoms with Crippen molar-refractivity contribution in [2.45, 2.75) is 32.7 Å². The molecule has 1 saturated heterocycles. The molecule has 2 aromatic heterocycles. The van der Waals surface area contributed by atoms with Gasteiger partial charge in [-0.15, -0.1) is 0 Å². The number of carbonyl (C=O) groups is 1. The van der Waals surface area contributed by atoms with Gasteiger partial charge in [0.15, 0.2) is 0 Å². The van der Waals surface area contributed by atoms with Gasteiger partial charge < -0.3 is 9.42 Å². The van der Waals surface area contributed by atoms with E-state index in [1.165, 1.54) is 11.1 Å². The number of amides is 1. The van der Waals surface area contributed by atoms with Gasteiger partial charge in [0, 0.05) is 57.6 Å². The molecule has 3 heterocycles. The van der Waals surface area contributed by atoms with Crippen LogP contribution in [-0.4, -0.2) is 53.0 Å². The molecular formula is C25H30N4O2. The molecule has 1 aromatic carbocycles. The second-order valence-electron chi connectivity index (χ2n) is 8.87. The van der Waals surface area contributed by atoms with E-state index < -0.39 is 5.41 Å². The molecule has 1 aliphatic rings. The van der Waals surface area contributed by atoms with Crippen LogP contribution >= 0.6 is 0 Å². The van der Waals surface area contributed by atoms with Crippen LogP contribution in [0, 0.1) is 12.3 Å². The number of hydrogen-bond donors (Lipinski definition) is 0. The monoisotopic (exact) mass is 418 g/mol. The van der Waals surface area contributed by atoms with Gasteiger partial charge in [-0.05, 0) is 44.0 Å². The number of rotatable bonds is 6. The van der Waals surface area contributed by atoms with Gasteiger partial charge in [-0.2, -0.15) is 0 Å². The van der Waals surface area contributed by atoms with Gasteiger partial charge in [-0.1, -0.05) is 35.0 Å². The van der Waals surface area contributed by atoms with Crippen molar-refractivity contribution in [2.75, 3.05) is 27.2 Å². The number of pyridine rings is 1. The molecule has 0 unspecified atom stereocenters. The largest absolute Gasteiger partial charge is 0.361 e. The van der Waals surface area contributed by atoms with Crippen LogP contribution < -0.4 is 0 Å². The van der Waals surface area contributed by atoms with Crippen LogP contribution in [0.5, 0.6) is 0 Å². The molecule has 0 radical (unpaired) electrons. The zero-order valence-corrected chi connectivity index (χ0v) is 18.5. The Balaban J connectivity index is 1.56. The highest BCUT2D eigenvalue weighted by atomic mass is 16.5. The fraction of sp³-hybridized carbons (Fsp3) is 0.400. The number of nitrogens with zero attached hydrogens (tertiary/aromatic N) is 4. The van der Waals surface area contributed by atoms with E-state index in [4.69, 9.17) is 4.52 Å². The zero-order valence-electron chi connectivity index (χ0n) is 18.5. The summed E-state index contributed by atoms with van der Waals surface area (Å²) < 4.78 is 5.71. The number of benzene rings is 1. The minimum absolute atomic E-state index is 0.153. The maximum atomic E-state index is 13.4. The van der Waals surface area contributed by atoms with Crippen molar-refractivity contribution in [3.8, 4) is 11.3 Å². The molecule has 1 fully saturated rings. The van der Waals surface area contributed by atoms with Crippen LogP contribution in [0.4, 0.5) is 0 Å². The minimum Gasteiger partial charge on any atom is -0.361 e. The Kier molecular flexibility index (Phi) is 6.18. The smallest absolute Gasteiger partial charge is 0.230 e. The highest BCUT2D eigenvalue weighted by Crippen LogP contribution is 2.37. The molecule has 162 valence electrons. The average Bonchev–Trinajstić information content (AvgIpc) is 3.22. The quantitative estimate of drug-likeness (QED) is 0.606. The van der Waals surface area contributed by atoms with E-state index in [9.17, 15) is 4.79 Å². The van der Waals surface area contributed by atoms with Crippen LogP contribution in [0.3, 0.4) is 0 Å². The lowest BCUT2D eigenvalue weighted by Gasteiger charge is -2.42. The number of hydrogen-bond acceptors (Lipinski definition) is 5. The molecule has 31 heavy (non-hydrogen) atoms. The maximum absolute atomic E-state index is 13.4. The minimum atomic E-state index is -0.515. The summed E-state index contributed by atoms with van der Waals surface area (Å²) >= 11 is 0. The standard InChI is InChI=1S/C25H30N4O2/c1-19-5-7-21(8-6-19)23-15-22(31-27-23)16-25(24(30)28(2)3)11-4-14-29(18-25)17-20-9-12-26-13-10-20/h5-10,12-13,15H,4,11,14,16-18H2,1-3H3/t25-/m1/s1. The fourth-order valence-corrected chi connectivity index (χ4v) is 4.57. The van der Waals surface area contributed by atoms with E-state index in [-0.39, 0.29) is 5.91 Å². The molecule has 1 aliphatic heterocycles. The molecule has 4 rings (SSSR count). The molecule has 6 heteroatoms. The van der Waals surface area contributed by atoms with Gasteiger partial charge in [-0.3, -0.25) is 14.7 Å². The number of aryl methyl sites for hydroxylation is 1. The first-order valence-corrected chi connectivity index (χ1v) is 10.8. The summed E-state index contributed by atoms with van der Waals surface area (Å²) in [6.45, 7) is 4.56. The predicted octanol–water partition coefficient (Wildman–Crippen LogP) is 3.96. The molecule has 1 amide bonds. The third-order valence-corrected chi connectivity index (χ3v) is 6.09. The number of likely N-dealkylation sites (tertiary alicyclic amines) is 1. The molecule has 3 aromatic rings. The summed E-state index contributed by atoms with van der Waals surface area (Å²) in [5.74, 6) is 0.914. The van der Waals surface area contributed by atoms with Gasteiger partial charge in [-0.25, -0.2) is 0 Å². The lowest BCUT2D eigenvalue weighted by molar-refractivity contribution is -0.143. The summed E-state index contributed by atoms with van der Waals surface area (Å²) in [4.78, 5) is 21.6. The Morgan fingerprint density at radius 1 is 1.16 bits per heavy atom. The van der Waals surface area contributed by atoms with Crippen molar-refractivity contribution in [3.05, 3.63) is 71.7 Å². The zero-order chi connectivity index (χ0) is 21.8. The van der Waals surface area contributed by atoms with Gasteiger partial charge in [0.25, 0.3) is 0 Å². The molecule has 0 N–H and O–H groups in total. The van der Waals surface area contributed by atoms with Crippen molar-refractivity contribution >= 4 is 5.91 Å². The van der Waals surface area contributed by atoms with E-state index in [1.54, 1.807) is 4.90 Å². The first-order chi connectivity index (χ1) is 14.9. The molecule has 6 nitrogen and oxygen atoms in total. The lowest BCUT2D eigenvalue weighted by atomic mass is 9.75. The van der Waals surface area contributed by atoms with Crippen LogP contribution in [0.2, 0.25) is 0 Å². The topological polar surface area (TPSA) is 62.5 Å². The average molecular weight is 419 g/mol. The lowest BCUT2D eigenvalue weighted by Crippen LogP contribution is -2.52. The van der Waals surface area contributed by atoms with Crippen molar-refractivity contribution in [1.29, 1.82) is 0 Å². The van der Waals surface area contributed by atoms with Crippen LogP contribution in [0.25, 0.3) is 11.3 Å². The first kappa shape index (κ1) is 21.2. The molecule has 0 aliphatic carbocycles. The van der Waals surface area contributed by atoms with Gasteiger partial charge >= 0.3 is 0 Å². The highest BCUT2D eigenvalue weighted by molar-refractivity contribution is 5.83. The van der Waals surface area contributed by atoms with Gasteiger partial charge in [0.05, 0.1) is 5.41 Å². The van der Waals surface area contributed by atoms with Crippen molar-refractivity contribution in [3.63, 3.8) is 0 Å². The third kappa shape index (κ3) is 4.85. The first-order valence-electron chi connectivity index (χ1n) is 10.8. The van der Waals surface area contributed by atoms with Gasteiger partial charge in [0.1, 0.15) is 11.5 Å². The van der Waals surface area contributed by atoms with E-state index in [0.29, 0.717) is 13.0 Å². The summed E-state index contributed by atoms with van der Waals surface area (Å²) in [6.07, 6.45) is 6.01. The summed E-state index contributed by atoms with van der Waals surface area (Å²) in [5, 5.41) is 4.28. The Labute approximate surface area is 183 Å². The van der Waals surface area contributed by atoms with Crippen molar-refractivity contribution in [1.82, 2.24) is 19.9 Å². The van der Waals surface area contributed by atoms with Crippen LogP contribution in [0.1, 0.15) is 29.7 Å². The second kappa shape index (κ2) is 9.02. The van der Waals surface area contributed by atoms with E-state index >= 15 is 0 Å². The molecule has 0 saturated carbocycles. The third-order valence-electron chi connectivity index (χ3n) is 6.09. The summed E-state index contributed by atoms with van der Waals surface area (Å²) in [7, 11) is 3.67. The van der Waals surface area contributed by atoms with E-state index in [2.05, 4.69) is 46.2 Å². The molecule has 1 atom stereocenters. The maximum Gasteiger partial charge on any atom is 0.230 e. The van der Waals surface area contributed by atoms with Crippen molar-refractivity contribution < 1.29 is 9.32 Å². The molecular weight excluding hydrogens is 388 g/mol. The highest BCUT2D eigenvalue weighted by Gasteiger charge is 2.44. The normalized spacial score (nSPS) is 19.3. The number of aromatic nitrogens is 2. The molecule has 0 spiro atoms. The SMILES string of the molecule is Cc1ccc(-c2cc(C[C@]3(C(=O)N(C)C)CCCN(Cc4ccncc4)C3)on2)cc1. The van der Waals surface area contributed by atoms with E-state index in [1.807, 2.05) is 44.7 Å². The van der Waals surface area contributed by atoms with Gasteiger partial charge in [0.2, 0.25) is 5.91 Å². The van der Waals surface area contributed by atoms with Crippen LogP contribution in [0.15, 0.2) is 59.4 Å². The Morgan fingerprint density at radius 3 is 2.61 bits per heavy atom. The van der Waals surface area contributed by atoms with E-state index in [0.717, 1.165) is 42.9 Å².